The Hall–Kier alpha value is -1.78. The molecule has 0 amide bonds. The van der Waals surface area contributed by atoms with Gasteiger partial charge in [-0.1, -0.05) is 31.2 Å². The molecule has 6 heteroatoms. The van der Waals surface area contributed by atoms with E-state index in [-0.39, 0.29) is 12.4 Å². The Kier molecular flexibility index (Phi) is 6.08. The summed E-state index contributed by atoms with van der Waals surface area (Å²) in [6.07, 6.45) is 2.98. The van der Waals surface area contributed by atoms with Gasteiger partial charge in [0.1, 0.15) is 5.82 Å². The number of hydrogen-bond donors (Lipinski definition) is 0. The molecule has 2 aromatic heterocycles. The van der Waals surface area contributed by atoms with E-state index < -0.39 is 0 Å². The molecule has 4 nitrogen and oxygen atoms in total. The lowest BCUT2D eigenvalue weighted by atomic mass is 10.0. The third-order valence-corrected chi connectivity index (χ3v) is 4.36. The fourth-order valence-electron chi connectivity index (χ4n) is 2.88. The Balaban J connectivity index is 0.00000208. The summed E-state index contributed by atoms with van der Waals surface area (Å²) >= 11 is 6.04. The van der Waals surface area contributed by atoms with E-state index in [1.54, 1.807) is 0 Å². The standard InChI is InChI=1S/C18H21ClN4.ClH/c1-4-15-7-5-6-8-16(15)12-22(3)17-9-14(10-19)11-23-18(17)20-13(2)21-23;/h5-9,11H,4,10,12H2,1-3H3;1H. The number of benzene rings is 1. The van der Waals surface area contributed by atoms with Crippen LogP contribution in [0.15, 0.2) is 36.5 Å². The normalized spacial score (nSPS) is 10.7. The van der Waals surface area contributed by atoms with Crippen LogP contribution < -0.4 is 4.90 Å². The number of anilines is 1. The summed E-state index contributed by atoms with van der Waals surface area (Å²) < 4.78 is 1.82. The van der Waals surface area contributed by atoms with Crippen molar-refractivity contribution < 1.29 is 0 Å². The smallest absolute Gasteiger partial charge is 0.178 e. The van der Waals surface area contributed by atoms with Crippen molar-refractivity contribution in [3.63, 3.8) is 0 Å². The summed E-state index contributed by atoms with van der Waals surface area (Å²) in [5.74, 6) is 1.22. The molecule has 0 aliphatic heterocycles. The van der Waals surface area contributed by atoms with Gasteiger partial charge in [-0.05, 0) is 36.1 Å². The molecule has 128 valence electrons. The zero-order chi connectivity index (χ0) is 16.4. The number of alkyl halides is 1. The van der Waals surface area contributed by atoms with Gasteiger partial charge in [-0.25, -0.2) is 9.50 Å². The summed E-state index contributed by atoms with van der Waals surface area (Å²) in [6, 6.07) is 10.7. The van der Waals surface area contributed by atoms with Crippen LogP contribution in [0, 0.1) is 6.92 Å². The largest absolute Gasteiger partial charge is 0.367 e. The zero-order valence-electron chi connectivity index (χ0n) is 14.2. The van der Waals surface area contributed by atoms with Gasteiger partial charge in [0, 0.05) is 25.7 Å². The van der Waals surface area contributed by atoms with Crippen LogP contribution in [0.5, 0.6) is 0 Å². The van der Waals surface area contributed by atoms with E-state index in [1.807, 2.05) is 17.6 Å². The number of fused-ring (bicyclic) bond motifs is 1. The quantitative estimate of drug-likeness (QED) is 0.629. The van der Waals surface area contributed by atoms with Crippen molar-refractivity contribution >= 4 is 35.3 Å². The first kappa shape index (κ1) is 18.6. The molecule has 0 bridgehead atoms. The Morgan fingerprint density at radius 3 is 2.58 bits per heavy atom. The molecular weight excluding hydrogens is 343 g/mol. The molecule has 3 aromatic rings. The first-order valence-corrected chi connectivity index (χ1v) is 8.35. The predicted octanol–water partition coefficient (Wildman–Crippen LogP) is 4.40. The maximum absolute atomic E-state index is 6.04. The topological polar surface area (TPSA) is 33.4 Å². The Morgan fingerprint density at radius 1 is 1.21 bits per heavy atom. The summed E-state index contributed by atoms with van der Waals surface area (Å²) in [6.45, 7) is 4.92. The van der Waals surface area contributed by atoms with Crippen LogP contribution in [0.1, 0.15) is 29.4 Å². The minimum absolute atomic E-state index is 0. The van der Waals surface area contributed by atoms with Gasteiger partial charge in [-0.15, -0.1) is 24.0 Å². The van der Waals surface area contributed by atoms with Crippen molar-refractivity contribution in [3.05, 3.63) is 59.0 Å². The highest BCUT2D eigenvalue weighted by Gasteiger charge is 2.13. The molecule has 0 spiro atoms. The lowest BCUT2D eigenvalue weighted by Gasteiger charge is -2.22. The van der Waals surface area contributed by atoms with Crippen molar-refractivity contribution in [2.75, 3.05) is 11.9 Å². The van der Waals surface area contributed by atoms with E-state index in [4.69, 9.17) is 11.6 Å². The fraction of sp³-hybridized carbons (Fsp3) is 0.333. The lowest BCUT2D eigenvalue weighted by Crippen LogP contribution is -2.18. The van der Waals surface area contributed by atoms with Gasteiger partial charge in [-0.2, -0.15) is 5.10 Å². The highest BCUT2D eigenvalue weighted by Crippen LogP contribution is 2.24. The fourth-order valence-corrected chi connectivity index (χ4v) is 3.03. The number of pyridine rings is 1. The maximum atomic E-state index is 6.04. The number of hydrogen-bond acceptors (Lipinski definition) is 3. The van der Waals surface area contributed by atoms with Crippen molar-refractivity contribution in [1.29, 1.82) is 0 Å². The molecule has 0 radical (unpaired) electrons. The molecule has 1 aromatic carbocycles. The molecule has 0 atom stereocenters. The molecule has 0 fully saturated rings. The third kappa shape index (κ3) is 3.65. The number of rotatable bonds is 5. The van der Waals surface area contributed by atoms with Crippen LogP contribution in [-0.4, -0.2) is 21.6 Å². The van der Waals surface area contributed by atoms with Crippen LogP contribution in [0.3, 0.4) is 0 Å². The zero-order valence-corrected chi connectivity index (χ0v) is 15.7. The van der Waals surface area contributed by atoms with Crippen molar-refractivity contribution in [1.82, 2.24) is 14.6 Å². The van der Waals surface area contributed by atoms with E-state index in [9.17, 15) is 0 Å². The van der Waals surface area contributed by atoms with Crippen molar-refractivity contribution in [2.24, 2.45) is 0 Å². The maximum Gasteiger partial charge on any atom is 0.178 e. The van der Waals surface area contributed by atoms with E-state index in [0.29, 0.717) is 5.88 Å². The molecule has 0 saturated heterocycles. The second-order valence-corrected chi connectivity index (χ2v) is 6.04. The second-order valence-electron chi connectivity index (χ2n) is 5.77. The molecular formula is C18H22Cl2N4. The Morgan fingerprint density at radius 2 is 1.92 bits per heavy atom. The average molecular weight is 365 g/mol. The minimum atomic E-state index is 0. The predicted molar refractivity (Wildman–Crippen MR) is 102 cm³/mol. The molecule has 0 aliphatic carbocycles. The van der Waals surface area contributed by atoms with Gasteiger partial charge < -0.3 is 4.90 Å². The number of nitrogens with zero attached hydrogens (tertiary/aromatic N) is 4. The first-order valence-electron chi connectivity index (χ1n) is 7.82. The molecule has 2 heterocycles. The van der Waals surface area contributed by atoms with E-state index in [1.165, 1.54) is 11.1 Å². The number of aromatic nitrogens is 3. The van der Waals surface area contributed by atoms with Gasteiger partial charge in [0.15, 0.2) is 5.65 Å². The minimum Gasteiger partial charge on any atom is -0.367 e. The molecule has 24 heavy (non-hydrogen) atoms. The molecule has 0 saturated carbocycles. The van der Waals surface area contributed by atoms with Gasteiger partial charge in [-0.3, -0.25) is 0 Å². The molecule has 0 aliphatic rings. The summed E-state index contributed by atoms with van der Waals surface area (Å²) in [5, 5.41) is 4.43. The lowest BCUT2D eigenvalue weighted by molar-refractivity contribution is 0.882. The van der Waals surface area contributed by atoms with Crippen LogP contribution in [0.25, 0.3) is 5.65 Å². The van der Waals surface area contributed by atoms with Crippen LogP contribution in [0.4, 0.5) is 5.69 Å². The summed E-state index contributed by atoms with van der Waals surface area (Å²) in [5.41, 5.74) is 5.67. The van der Waals surface area contributed by atoms with Gasteiger partial charge in [0.25, 0.3) is 0 Å². The summed E-state index contributed by atoms with van der Waals surface area (Å²) in [4.78, 5) is 6.78. The third-order valence-electron chi connectivity index (χ3n) is 4.05. The van der Waals surface area contributed by atoms with Gasteiger partial charge in [0.2, 0.25) is 0 Å². The van der Waals surface area contributed by atoms with Crippen LogP contribution >= 0.6 is 24.0 Å². The Bertz CT molecular complexity index is 829. The van der Waals surface area contributed by atoms with E-state index in [2.05, 4.69) is 59.3 Å². The molecule has 0 unspecified atom stereocenters. The van der Waals surface area contributed by atoms with E-state index in [0.717, 1.165) is 35.7 Å². The van der Waals surface area contributed by atoms with Gasteiger partial charge >= 0.3 is 0 Å². The van der Waals surface area contributed by atoms with Crippen molar-refractivity contribution in [3.8, 4) is 0 Å². The monoisotopic (exact) mass is 364 g/mol. The van der Waals surface area contributed by atoms with Crippen LogP contribution in [0.2, 0.25) is 0 Å². The SMILES string of the molecule is CCc1ccccc1CN(C)c1cc(CCl)cn2nc(C)nc12.Cl. The number of halogens is 2. The number of aryl methyl sites for hydroxylation is 2. The highest BCUT2D eigenvalue weighted by atomic mass is 35.5. The highest BCUT2D eigenvalue weighted by molar-refractivity contribution is 6.17. The van der Waals surface area contributed by atoms with Gasteiger partial charge in [0.05, 0.1) is 5.69 Å². The summed E-state index contributed by atoms with van der Waals surface area (Å²) in [7, 11) is 2.09. The Labute approximate surface area is 153 Å². The second kappa shape index (κ2) is 7.86. The van der Waals surface area contributed by atoms with Crippen molar-refractivity contribution in [2.45, 2.75) is 32.7 Å². The molecule has 3 rings (SSSR count). The van der Waals surface area contributed by atoms with Crippen LogP contribution in [-0.2, 0) is 18.8 Å². The molecule has 0 N–H and O–H groups in total. The first-order chi connectivity index (χ1) is 11.1. The van der Waals surface area contributed by atoms with E-state index >= 15 is 0 Å². The average Bonchev–Trinajstić information content (AvgIpc) is 2.94.